The molecule has 2 aliphatic rings. The van der Waals surface area contributed by atoms with E-state index in [-0.39, 0.29) is 17.4 Å². The summed E-state index contributed by atoms with van der Waals surface area (Å²) in [6.45, 7) is 0.880. The third-order valence-electron chi connectivity index (χ3n) is 5.84. The van der Waals surface area contributed by atoms with E-state index in [0.717, 1.165) is 30.5 Å². The van der Waals surface area contributed by atoms with Gasteiger partial charge in [-0.2, -0.15) is 0 Å². The second kappa shape index (κ2) is 5.89. The van der Waals surface area contributed by atoms with Crippen LogP contribution in [0.5, 0.6) is 11.5 Å². The molecule has 0 saturated carbocycles. The van der Waals surface area contributed by atoms with Gasteiger partial charge in [0.1, 0.15) is 0 Å². The summed E-state index contributed by atoms with van der Waals surface area (Å²) in [5.41, 5.74) is 7.36. The summed E-state index contributed by atoms with van der Waals surface area (Å²) < 4.78 is 0. The van der Waals surface area contributed by atoms with Gasteiger partial charge in [-0.3, -0.25) is 0 Å². The monoisotopic (exact) mass is 343 g/mol. The smallest absolute Gasteiger partial charge is 0.157 e. The van der Waals surface area contributed by atoms with E-state index in [1.54, 1.807) is 12.1 Å². The van der Waals surface area contributed by atoms with Gasteiger partial charge < -0.3 is 15.5 Å². The number of phenols is 2. The van der Waals surface area contributed by atoms with Crippen LogP contribution in [0.3, 0.4) is 0 Å². The fourth-order valence-electron chi connectivity index (χ4n) is 4.54. The molecule has 0 aromatic heterocycles. The SMILES string of the molecule is Oc1cc2c(cc1O)[C@@H]1c3cc(-c4ccccc4)ccc3CN[C@H]1CC2. The van der Waals surface area contributed by atoms with Gasteiger partial charge in [-0.25, -0.2) is 0 Å². The molecule has 2 atom stereocenters. The Hall–Kier alpha value is -2.78. The lowest BCUT2D eigenvalue weighted by molar-refractivity contribution is 0.380. The lowest BCUT2D eigenvalue weighted by Crippen LogP contribution is -2.42. The number of hydrogen-bond acceptors (Lipinski definition) is 3. The first-order valence-electron chi connectivity index (χ1n) is 9.17. The van der Waals surface area contributed by atoms with Crippen LogP contribution >= 0.6 is 0 Å². The van der Waals surface area contributed by atoms with Gasteiger partial charge in [-0.1, -0.05) is 48.5 Å². The molecule has 3 heteroatoms. The standard InChI is InChI=1S/C23H21NO2/c25-21-11-16-8-9-20-23(19(16)12-22(21)26)18-10-15(6-7-17(18)13-24-20)14-4-2-1-3-5-14/h1-7,10-12,20,23-26H,8-9,13H2/t20-,23-/m0/s1. The summed E-state index contributed by atoms with van der Waals surface area (Å²) in [6, 6.07) is 21.0. The Labute approximate surface area is 152 Å². The quantitative estimate of drug-likeness (QED) is 0.577. The van der Waals surface area contributed by atoms with Crippen LogP contribution in [0.2, 0.25) is 0 Å². The van der Waals surface area contributed by atoms with E-state index in [1.807, 2.05) is 6.07 Å². The Morgan fingerprint density at radius 3 is 2.38 bits per heavy atom. The maximum atomic E-state index is 10.1. The van der Waals surface area contributed by atoms with Gasteiger partial charge in [0.15, 0.2) is 11.5 Å². The van der Waals surface area contributed by atoms with Crippen LogP contribution in [0.25, 0.3) is 11.1 Å². The number of fused-ring (bicyclic) bond motifs is 5. The molecular weight excluding hydrogens is 322 g/mol. The highest BCUT2D eigenvalue weighted by atomic mass is 16.3. The van der Waals surface area contributed by atoms with Crippen molar-refractivity contribution in [2.45, 2.75) is 31.3 Å². The predicted octanol–water partition coefficient (Wildman–Crippen LogP) is 4.31. The van der Waals surface area contributed by atoms with Crippen molar-refractivity contribution in [2.24, 2.45) is 0 Å². The summed E-state index contributed by atoms with van der Waals surface area (Å²) in [5, 5.41) is 23.6. The molecule has 3 aromatic carbocycles. The summed E-state index contributed by atoms with van der Waals surface area (Å²) in [7, 11) is 0. The molecule has 3 aromatic rings. The Bertz CT molecular complexity index is 981. The molecule has 1 heterocycles. The second-order valence-corrected chi connectivity index (χ2v) is 7.32. The van der Waals surface area contributed by atoms with Gasteiger partial charge in [0.25, 0.3) is 0 Å². The van der Waals surface area contributed by atoms with Crippen LogP contribution in [0, 0.1) is 0 Å². The van der Waals surface area contributed by atoms with Gasteiger partial charge in [0.05, 0.1) is 0 Å². The van der Waals surface area contributed by atoms with Crippen molar-refractivity contribution in [2.75, 3.05) is 0 Å². The molecule has 0 amide bonds. The van der Waals surface area contributed by atoms with Crippen LogP contribution in [-0.4, -0.2) is 16.3 Å². The van der Waals surface area contributed by atoms with Crippen molar-refractivity contribution in [1.29, 1.82) is 0 Å². The predicted molar refractivity (Wildman–Crippen MR) is 102 cm³/mol. The lowest BCUT2D eigenvalue weighted by atomic mass is 9.72. The van der Waals surface area contributed by atoms with Crippen LogP contribution in [0.4, 0.5) is 0 Å². The molecule has 1 aliphatic heterocycles. The molecule has 3 nitrogen and oxygen atoms in total. The van der Waals surface area contributed by atoms with Crippen molar-refractivity contribution in [1.82, 2.24) is 5.32 Å². The molecule has 0 bridgehead atoms. The Kier molecular flexibility index (Phi) is 3.50. The van der Waals surface area contributed by atoms with Crippen molar-refractivity contribution in [3.8, 4) is 22.6 Å². The fraction of sp³-hybridized carbons (Fsp3) is 0.217. The van der Waals surface area contributed by atoms with Gasteiger partial charge in [0, 0.05) is 18.5 Å². The van der Waals surface area contributed by atoms with Crippen molar-refractivity contribution < 1.29 is 10.2 Å². The van der Waals surface area contributed by atoms with Crippen LogP contribution in [0.15, 0.2) is 60.7 Å². The van der Waals surface area contributed by atoms with Gasteiger partial charge >= 0.3 is 0 Å². The molecule has 5 rings (SSSR count). The van der Waals surface area contributed by atoms with Crippen LogP contribution in [-0.2, 0) is 13.0 Å². The number of nitrogens with one attached hydrogen (secondary N) is 1. The van der Waals surface area contributed by atoms with Gasteiger partial charge in [0.2, 0.25) is 0 Å². The molecule has 0 unspecified atom stereocenters. The summed E-state index contributed by atoms with van der Waals surface area (Å²) in [6.07, 6.45) is 1.96. The first kappa shape index (κ1) is 15.5. The number of aryl methyl sites for hydroxylation is 1. The third kappa shape index (κ3) is 2.39. The molecule has 0 radical (unpaired) electrons. The highest BCUT2D eigenvalue weighted by molar-refractivity contribution is 5.66. The van der Waals surface area contributed by atoms with Crippen molar-refractivity contribution >= 4 is 0 Å². The minimum Gasteiger partial charge on any atom is -0.504 e. The molecule has 0 saturated heterocycles. The van der Waals surface area contributed by atoms with E-state index >= 15 is 0 Å². The maximum absolute atomic E-state index is 10.1. The largest absolute Gasteiger partial charge is 0.504 e. The Morgan fingerprint density at radius 2 is 1.54 bits per heavy atom. The third-order valence-corrected chi connectivity index (χ3v) is 5.84. The Balaban J connectivity index is 1.67. The van der Waals surface area contributed by atoms with Gasteiger partial charge in [-0.05, 0) is 58.4 Å². The molecule has 0 spiro atoms. The lowest BCUT2D eigenvalue weighted by Gasteiger charge is -2.39. The number of hydrogen-bond donors (Lipinski definition) is 3. The van der Waals surface area contributed by atoms with Crippen LogP contribution < -0.4 is 5.32 Å². The minimum atomic E-state index is -0.0317. The molecule has 130 valence electrons. The zero-order chi connectivity index (χ0) is 17.7. The number of benzene rings is 3. The average Bonchev–Trinajstić information content (AvgIpc) is 2.68. The van der Waals surface area contributed by atoms with E-state index < -0.39 is 0 Å². The Morgan fingerprint density at radius 1 is 0.769 bits per heavy atom. The van der Waals surface area contributed by atoms with E-state index in [1.165, 1.54) is 22.3 Å². The average molecular weight is 343 g/mol. The summed E-state index contributed by atoms with van der Waals surface area (Å²) >= 11 is 0. The topological polar surface area (TPSA) is 52.5 Å². The molecule has 26 heavy (non-hydrogen) atoms. The van der Waals surface area contributed by atoms with E-state index in [4.69, 9.17) is 0 Å². The minimum absolute atomic E-state index is 0.0239. The summed E-state index contributed by atoms with van der Waals surface area (Å²) in [5.74, 6) is 0.151. The van der Waals surface area contributed by atoms with Crippen LogP contribution in [0.1, 0.15) is 34.6 Å². The fourth-order valence-corrected chi connectivity index (χ4v) is 4.54. The number of rotatable bonds is 1. The molecule has 1 aliphatic carbocycles. The van der Waals surface area contributed by atoms with Gasteiger partial charge in [-0.15, -0.1) is 0 Å². The molecular formula is C23H21NO2. The number of phenolic OH excluding ortho intramolecular Hbond substituents is 2. The normalized spacial score (nSPS) is 20.8. The van der Waals surface area contributed by atoms with E-state index in [9.17, 15) is 10.2 Å². The first-order chi connectivity index (χ1) is 12.7. The van der Waals surface area contributed by atoms with E-state index in [0.29, 0.717) is 6.04 Å². The zero-order valence-electron chi connectivity index (χ0n) is 14.4. The van der Waals surface area contributed by atoms with Crippen molar-refractivity contribution in [3.05, 3.63) is 82.9 Å². The summed E-state index contributed by atoms with van der Waals surface area (Å²) in [4.78, 5) is 0. The highest BCUT2D eigenvalue weighted by Crippen LogP contribution is 2.45. The van der Waals surface area contributed by atoms with E-state index in [2.05, 4.69) is 47.8 Å². The molecule has 3 N–H and O–H groups in total. The zero-order valence-corrected chi connectivity index (χ0v) is 14.4. The number of aromatic hydroxyl groups is 2. The first-order valence-corrected chi connectivity index (χ1v) is 9.17. The second-order valence-electron chi connectivity index (χ2n) is 7.32. The molecule has 0 fully saturated rings. The van der Waals surface area contributed by atoms with Crippen molar-refractivity contribution in [3.63, 3.8) is 0 Å². The highest BCUT2D eigenvalue weighted by Gasteiger charge is 2.35. The maximum Gasteiger partial charge on any atom is 0.157 e.